The molecule has 1 aromatic carbocycles. The topological polar surface area (TPSA) is 109 Å². The summed E-state index contributed by atoms with van der Waals surface area (Å²) >= 11 is 0. The molecule has 1 amide bonds. The Hall–Kier alpha value is -2.85. The van der Waals surface area contributed by atoms with Crippen LogP contribution in [-0.4, -0.2) is 65.4 Å². The van der Waals surface area contributed by atoms with E-state index < -0.39 is 32.0 Å². The van der Waals surface area contributed by atoms with Crippen molar-refractivity contribution in [2.45, 2.75) is 103 Å². The van der Waals surface area contributed by atoms with Gasteiger partial charge in [-0.05, 0) is 88.2 Å². The van der Waals surface area contributed by atoms with E-state index >= 15 is 0 Å². The summed E-state index contributed by atoms with van der Waals surface area (Å²) in [4.78, 5) is 37.8. The van der Waals surface area contributed by atoms with E-state index in [1.54, 1.807) is 32.9 Å². The van der Waals surface area contributed by atoms with Crippen LogP contribution in [0.15, 0.2) is 35.4 Å². The minimum absolute atomic E-state index is 0.120. The standard InChI is InChI=1S/C32H51NO8Si/c1-31(2,3)40-30(36)33-19-20-39-24-15-11-22(12-16-24)21-26(28(34)37-7)27(29(35)38-8)23-13-17-25(18-14-23)41-42(9,10)32(4,5)6/h11-12,15-16,23,25H,13-14,17-21H2,1-10H3,(H,33,36)/b27-26-. The van der Waals surface area contributed by atoms with Crippen LogP contribution in [0, 0.1) is 5.92 Å². The number of hydrogen-bond acceptors (Lipinski definition) is 8. The predicted molar refractivity (Wildman–Crippen MR) is 165 cm³/mol. The number of benzene rings is 1. The van der Waals surface area contributed by atoms with Gasteiger partial charge in [-0.15, -0.1) is 0 Å². The van der Waals surface area contributed by atoms with Crippen molar-refractivity contribution in [3.63, 3.8) is 0 Å². The molecular formula is C32H51NO8Si. The largest absolute Gasteiger partial charge is 0.492 e. The number of rotatable bonds is 11. The van der Waals surface area contributed by atoms with Gasteiger partial charge in [-0.3, -0.25) is 0 Å². The van der Waals surface area contributed by atoms with Gasteiger partial charge in [-0.25, -0.2) is 14.4 Å². The number of methoxy groups -OCH3 is 2. The van der Waals surface area contributed by atoms with Gasteiger partial charge in [0.25, 0.3) is 0 Å². The average Bonchev–Trinajstić information content (AvgIpc) is 2.90. The molecule has 236 valence electrons. The second kappa shape index (κ2) is 15.0. The summed E-state index contributed by atoms with van der Waals surface area (Å²) in [5.74, 6) is -0.544. The van der Waals surface area contributed by atoms with E-state index in [1.807, 2.05) is 12.1 Å². The molecule has 0 heterocycles. The fraction of sp³-hybridized carbons (Fsp3) is 0.656. The van der Waals surface area contributed by atoms with Crippen LogP contribution in [0.3, 0.4) is 0 Å². The van der Waals surface area contributed by atoms with Crippen LogP contribution in [0.4, 0.5) is 4.79 Å². The third-order valence-corrected chi connectivity index (χ3v) is 12.4. The van der Waals surface area contributed by atoms with Crippen LogP contribution in [0.2, 0.25) is 18.1 Å². The predicted octanol–water partition coefficient (Wildman–Crippen LogP) is 6.36. The molecule has 0 bridgehead atoms. The first-order valence-electron chi connectivity index (χ1n) is 14.7. The van der Waals surface area contributed by atoms with Crippen molar-refractivity contribution < 1.29 is 37.8 Å². The third kappa shape index (κ3) is 10.8. The van der Waals surface area contributed by atoms with Gasteiger partial charge in [0, 0.05) is 12.5 Å². The minimum Gasteiger partial charge on any atom is -0.492 e. The number of amides is 1. The van der Waals surface area contributed by atoms with E-state index in [0.29, 0.717) is 16.9 Å². The normalized spacial score (nSPS) is 18.4. The molecule has 1 aliphatic rings. The first kappa shape index (κ1) is 35.3. The van der Waals surface area contributed by atoms with E-state index in [1.165, 1.54) is 14.2 Å². The first-order chi connectivity index (χ1) is 19.5. The molecule has 42 heavy (non-hydrogen) atoms. The summed E-state index contributed by atoms with van der Waals surface area (Å²) in [5.41, 5.74) is 0.966. The van der Waals surface area contributed by atoms with Gasteiger partial charge in [-0.1, -0.05) is 32.9 Å². The number of carbonyl (C=O) groups excluding carboxylic acids is 3. The molecule has 1 aromatic rings. The molecule has 2 rings (SSSR count). The summed E-state index contributed by atoms with van der Waals surface area (Å²) in [7, 11) is 0.755. The molecule has 0 spiro atoms. The van der Waals surface area contributed by atoms with Gasteiger partial charge in [0.15, 0.2) is 8.32 Å². The van der Waals surface area contributed by atoms with E-state index in [-0.39, 0.29) is 36.6 Å². The maximum absolute atomic E-state index is 13.1. The maximum Gasteiger partial charge on any atom is 0.407 e. The lowest BCUT2D eigenvalue weighted by molar-refractivity contribution is -0.140. The van der Waals surface area contributed by atoms with Gasteiger partial charge >= 0.3 is 18.0 Å². The first-order valence-corrected chi connectivity index (χ1v) is 17.6. The molecule has 0 aromatic heterocycles. The summed E-state index contributed by atoms with van der Waals surface area (Å²) in [6.07, 6.45) is 2.97. The second-order valence-electron chi connectivity index (χ2n) is 13.3. The highest BCUT2D eigenvalue weighted by molar-refractivity contribution is 6.74. The van der Waals surface area contributed by atoms with Crippen molar-refractivity contribution in [3.05, 3.63) is 41.0 Å². The Labute approximate surface area is 252 Å². The Morgan fingerprint density at radius 3 is 1.95 bits per heavy atom. The third-order valence-electron chi connectivity index (χ3n) is 7.86. The molecule has 0 atom stereocenters. The highest BCUT2D eigenvalue weighted by Gasteiger charge is 2.41. The molecular weight excluding hydrogens is 554 g/mol. The Kier molecular flexibility index (Phi) is 12.7. The Balaban J connectivity index is 2.12. The summed E-state index contributed by atoms with van der Waals surface area (Å²) < 4.78 is 27.8. The van der Waals surface area contributed by atoms with Crippen LogP contribution in [0.25, 0.3) is 0 Å². The SMILES string of the molecule is COC(=O)/C(Cc1ccc(OCCNC(=O)OC(C)(C)C)cc1)=C(\C(=O)OC)C1CCC(O[Si](C)(C)C(C)(C)C)CC1. The van der Waals surface area contributed by atoms with Crippen molar-refractivity contribution in [3.8, 4) is 5.75 Å². The Morgan fingerprint density at radius 1 is 0.881 bits per heavy atom. The lowest BCUT2D eigenvalue weighted by Gasteiger charge is -2.41. The summed E-state index contributed by atoms with van der Waals surface area (Å²) in [6.45, 7) is 17.2. The number of nitrogens with one attached hydrogen (secondary N) is 1. The molecule has 1 saturated carbocycles. The van der Waals surface area contributed by atoms with Crippen LogP contribution >= 0.6 is 0 Å². The fourth-order valence-electron chi connectivity index (χ4n) is 4.65. The van der Waals surface area contributed by atoms with Crippen molar-refractivity contribution in [1.29, 1.82) is 0 Å². The van der Waals surface area contributed by atoms with Crippen LogP contribution in [-0.2, 0) is 34.6 Å². The lowest BCUT2D eigenvalue weighted by Crippen LogP contribution is -2.44. The van der Waals surface area contributed by atoms with Gasteiger partial charge in [0.1, 0.15) is 18.0 Å². The Morgan fingerprint density at radius 2 is 1.45 bits per heavy atom. The highest BCUT2D eigenvalue weighted by atomic mass is 28.4. The lowest BCUT2D eigenvalue weighted by atomic mass is 9.79. The average molecular weight is 606 g/mol. The second-order valence-corrected chi connectivity index (χ2v) is 18.1. The molecule has 0 aliphatic heterocycles. The van der Waals surface area contributed by atoms with E-state index in [0.717, 1.165) is 31.2 Å². The van der Waals surface area contributed by atoms with E-state index in [4.69, 9.17) is 23.4 Å². The zero-order chi connectivity index (χ0) is 31.7. The van der Waals surface area contributed by atoms with Crippen molar-refractivity contribution in [1.82, 2.24) is 5.32 Å². The van der Waals surface area contributed by atoms with Gasteiger partial charge in [0.2, 0.25) is 0 Å². The molecule has 0 unspecified atom stereocenters. The molecule has 0 saturated heterocycles. The molecule has 1 N–H and O–H groups in total. The molecule has 0 radical (unpaired) electrons. The van der Waals surface area contributed by atoms with Crippen LogP contribution in [0.1, 0.15) is 72.8 Å². The summed E-state index contributed by atoms with van der Waals surface area (Å²) in [6, 6.07) is 7.27. The maximum atomic E-state index is 13.1. The number of ether oxygens (including phenoxy) is 4. The zero-order valence-corrected chi connectivity index (χ0v) is 28.2. The molecule has 1 fully saturated rings. The van der Waals surface area contributed by atoms with Gasteiger partial charge in [-0.2, -0.15) is 0 Å². The minimum atomic E-state index is -1.91. The number of hydrogen-bond donors (Lipinski definition) is 1. The quantitative estimate of drug-likeness (QED) is 0.102. The molecule has 10 heteroatoms. The fourth-order valence-corrected chi connectivity index (χ4v) is 6.08. The highest BCUT2D eigenvalue weighted by Crippen LogP contribution is 2.41. The van der Waals surface area contributed by atoms with Crippen LogP contribution < -0.4 is 10.1 Å². The van der Waals surface area contributed by atoms with Crippen molar-refractivity contribution in [2.75, 3.05) is 27.4 Å². The van der Waals surface area contributed by atoms with Crippen molar-refractivity contribution >= 4 is 26.3 Å². The molecule has 1 aliphatic carbocycles. The van der Waals surface area contributed by atoms with E-state index in [2.05, 4.69) is 39.2 Å². The zero-order valence-electron chi connectivity index (χ0n) is 27.2. The number of alkyl carbamates (subject to hydrolysis) is 1. The van der Waals surface area contributed by atoms with Gasteiger partial charge < -0.3 is 28.7 Å². The smallest absolute Gasteiger partial charge is 0.407 e. The monoisotopic (exact) mass is 605 g/mol. The number of carbonyl (C=O) groups is 3. The van der Waals surface area contributed by atoms with E-state index in [9.17, 15) is 14.4 Å². The van der Waals surface area contributed by atoms with Crippen molar-refractivity contribution in [2.24, 2.45) is 5.92 Å². The van der Waals surface area contributed by atoms with Gasteiger partial charge in [0.05, 0.1) is 31.9 Å². The Bertz CT molecular complexity index is 1090. The number of esters is 2. The molecule has 9 nitrogen and oxygen atoms in total. The van der Waals surface area contributed by atoms with Crippen LogP contribution in [0.5, 0.6) is 5.75 Å². The summed E-state index contributed by atoms with van der Waals surface area (Å²) in [5, 5.41) is 2.77.